The molecule has 1 aromatic heterocycles. The van der Waals surface area contributed by atoms with E-state index in [1.54, 1.807) is 41.3 Å². The second-order valence-electron chi connectivity index (χ2n) is 11.8. The average Bonchev–Trinajstić information content (AvgIpc) is 3.09. The highest BCUT2D eigenvalue weighted by atomic mass is 32.2. The van der Waals surface area contributed by atoms with Gasteiger partial charge in [0.15, 0.2) is 5.82 Å². The summed E-state index contributed by atoms with van der Waals surface area (Å²) in [6.45, 7) is 8.20. The van der Waals surface area contributed by atoms with Gasteiger partial charge in [0.1, 0.15) is 5.75 Å². The highest BCUT2D eigenvalue weighted by Crippen LogP contribution is 2.37. The molecule has 0 bridgehead atoms. The molecule has 262 valence electrons. The van der Waals surface area contributed by atoms with Crippen LogP contribution >= 0.6 is 0 Å². The van der Waals surface area contributed by atoms with Crippen LogP contribution < -0.4 is 25.2 Å². The summed E-state index contributed by atoms with van der Waals surface area (Å²) in [6, 6.07) is 22.7. The Labute approximate surface area is 291 Å². The molecule has 2 aliphatic rings. The van der Waals surface area contributed by atoms with Gasteiger partial charge in [-0.2, -0.15) is 13.4 Å². The van der Waals surface area contributed by atoms with Crippen LogP contribution in [0.1, 0.15) is 11.1 Å². The summed E-state index contributed by atoms with van der Waals surface area (Å²) in [4.78, 5) is 43.6. The minimum atomic E-state index is -3.67. The van der Waals surface area contributed by atoms with E-state index in [-0.39, 0.29) is 11.9 Å². The fraction of sp³-hybridized carbons (Fsp3) is 0.257. The third kappa shape index (κ3) is 9.34. The number of carbonyl (C=O) groups is 2. The maximum Gasteiger partial charge on any atom is 0.330 e. The summed E-state index contributed by atoms with van der Waals surface area (Å²) in [5.74, 6) is 1.11. The molecule has 3 N–H and O–H groups in total. The number of anilines is 6. The van der Waals surface area contributed by atoms with Crippen molar-refractivity contribution in [3.05, 3.63) is 103 Å². The number of benzene rings is 3. The maximum atomic E-state index is 14.1. The van der Waals surface area contributed by atoms with E-state index in [2.05, 4.69) is 45.1 Å². The van der Waals surface area contributed by atoms with Gasteiger partial charge < -0.3 is 30.1 Å². The van der Waals surface area contributed by atoms with Crippen molar-refractivity contribution in [2.45, 2.75) is 13.1 Å². The average molecular weight is 701 g/mol. The molecule has 3 aromatic carbocycles. The van der Waals surface area contributed by atoms with E-state index in [0.717, 1.165) is 43.0 Å². The van der Waals surface area contributed by atoms with E-state index in [0.29, 0.717) is 53.9 Å². The fourth-order valence-electron chi connectivity index (χ4n) is 5.51. The van der Waals surface area contributed by atoms with Gasteiger partial charge in [-0.3, -0.25) is 9.35 Å². The van der Waals surface area contributed by atoms with Gasteiger partial charge in [0.25, 0.3) is 10.1 Å². The molecular weight excluding hydrogens is 661 g/mol. The Morgan fingerprint density at radius 3 is 2.42 bits per heavy atom. The first-order valence-corrected chi connectivity index (χ1v) is 17.6. The lowest BCUT2D eigenvalue weighted by Gasteiger charge is -2.36. The second kappa shape index (κ2) is 15.8. The summed E-state index contributed by atoms with van der Waals surface area (Å²) in [7, 11) is 0.109. The third-order valence-electron chi connectivity index (χ3n) is 7.95. The second-order valence-corrected chi connectivity index (χ2v) is 13.2. The van der Waals surface area contributed by atoms with Crippen LogP contribution in [0.2, 0.25) is 0 Å². The van der Waals surface area contributed by atoms with Crippen LogP contribution in [0, 0.1) is 0 Å². The van der Waals surface area contributed by atoms with Crippen molar-refractivity contribution in [3.63, 3.8) is 0 Å². The number of carbonyl (C=O) groups excluding carboxylic acids is 2. The molecule has 4 aromatic rings. The predicted octanol–water partition coefficient (Wildman–Crippen LogP) is 4.88. The Bertz CT molecular complexity index is 1940. The number of nitrogens with one attached hydrogen (secondary N) is 2. The van der Waals surface area contributed by atoms with E-state index in [1.165, 1.54) is 6.08 Å². The molecular formula is C35H40N8O6S. The number of urea groups is 1. The first-order valence-electron chi connectivity index (χ1n) is 15.7. The summed E-state index contributed by atoms with van der Waals surface area (Å²) in [5, 5.41) is 6.07. The Morgan fingerprint density at radius 1 is 1.02 bits per heavy atom. The molecule has 14 nitrogen and oxygen atoms in total. The Hall–Kier alpha value is -5.51. The molecule has 0 spiro atoms. The number of likely N-dealkylation sites (N-methyl/N-ethyl adjacent to an activating group) is 1. The minimum absolute atomic E-state index is 0.239. The van der Waals surface area contributed by atoms with Gasteiger partial charge in [-0.05, 0) is 49.0 Å². The number of amides is 3. The normalized spacial score (nSPS) is 14.6. The number of nitrogens with zero attached hydrogens (tertiary/aromatic N) is 6. The molecule has 1 saturated heterocycles. The van der Waals surface area contributed by atoms with E-state index in [4.69, 9.17) is 14.3 Å². The minimum Gasteiger partial charge on any atom is -0.494 e. The van der Waals surface area contributed by atoms with Crippen LogP contribution in [-0.4, -0.2) is 91.3 Å². The topological polar surface area (TPSA) is 161 Å². The SMILES string of the molecule is C=CC(=O)Nc1cccc(N2C(=O)N(Cc3ccccc3)Cc3cnc(Nc4ccc(N5CCN(C)CC5)cc4OC)nc32)c1.CS(=O)(=O)O. The number of piperazine rings is 1. The number of hydrogen-bond donors (Lipinski definition) is 3. The Kier molecular flexibility index (Phi) is 11.3. The van der Waals surface area contributed by atoms with Crippen LogP contribution in [0.5, 0.6) is 5.75 Å². The molecule has 2 aliphatic heterocycles. The highest BCUT2D eigenvalue weighted by molar-refractivity contribution is 7.85. The molecule has 0 aliphatic carbocycles. The van der Waals surface area contributed by atoms with Crippen molar-refractivity contribution in [2.75, 3.05) is 67.0 Å². The molecule has 50 heavy (non-hydrogen) atoms. The first-order chi connectivity index (χ1) is 23.9. The van der Waals surface area contributed by atoms with Gasteiger partial charge >= 0.3 is 6.03 Å². The summed E-state index contributed by atoms with van der Waals surface area (Å²) >= 11 is 0. The van der Waals surface area contributed by atoms with E-state index < -0.39 is 10.1 Å². The van der Waals surface area contributed by atoms with E-state index in [1.807, 2.05) is 48.5 Å². The van der Waals surface area contributed by atoms with Gasteiger partial charge in [0, 0.05) is 61.9 Å². The lowest BCUT2D eigenvalue weighted by molar-refractivity contribution is -0.111. The molecule has 6 rings (SSSR count). The van der Waals surface area contributed by atoms with E-state index >= 15 is 0 Å². The number of hydrogen-bond acceptors (Lipinski definition) is 10. The molecule has 1 fully saturated rings. The number of fused-ring (bicyclic) bond motifs is 1. The van der Waals surface area contributed by atoms with Crippen LogP contribution in [-0.2, 0) is 28.0 Å². The predicted molar refractivity (Wildman–Crippen MR) is 194 cm³/mol. The Morgan fingerprint density at radius 2 is 1.74 bits per heavy atom. The van der Waals surface area contributed by atoms with E-state index in [9.17, 15) is 18.0 Å². The zero-order valence-electron chi connectivity index (χ0n) is 28.1. The highest BCUT2D eigenvalue weighted by Gasteiger charge is 2.34. The van der Waals surface area contributed by atoms with Gasteiger partial charge in [0.2, 0.25) is 11.9 Å². The standard InChI is InChI=1S/C34H36N8O3.CH4O3S/c1-4-31(43)36-26-11-8-12-28(19-26)42-32-25(23-41(34(42)44)22-24-9-6-5-7-10-24)21-35-33(38-32)37-29-14-13-27(20-30(29)45-3)40-17-15-39(2)16-18-40;1-5(2,3)4/h4-14,19-21H,1,15-18,22-23H2,2-3H3,(H,36,43)(H,35,37,38);1H3,(H,2,3,4). The van der Waals surface area contributed by atoms with Crippen molar-refractivity contribution >= 4 is 56.6 Å². The quantitative estimate of drug-likeness (QED) is 0.161. The number of rotatable bonds is 9. The molecule has 0 unspecified atom stereocenters. The van der Waals surface area contributed by atoms with Gasteiger partial charge in [-0.15, -0.1) is 0 Å². The number of methoxy groups -OCH3 is 1. The summed E-state index contributed by atoms with van der Waals surface area (Å²) < 4.78 is 31.6. The van der Waals surface area contributed by atoms with Crippen molar-refractivity contribution in [3.8, 4) is 5.75 Å². The molecule has 0 radical (unpaired) electrons. The van der Waals surface area contributed by atoms with Crippen LogP contribution in [0.25, 0.3) is 0 Å². The molecule has 15 heteroatoms. The zero-order chi connectivity index (χ0) is 35.8. The smallest absolute Gasteiger partial charge is 0.330 e. The lowest BCUT2D eigenvalue weighted by atomic mass is 10.1. The number of ether oxygens (including phenoxy) is 1. The molecule has 0 saturated carbocycles. The largest absolute Gasteiger partial charge is 0.494 e. The monoisotopic (exact) mass is 700 g/mol. The van der Waals surface area contributed by atoms with Crippen LogP contribution in [0.15, 0.2) is 91.6 Å². The van der Waals surface area contributed by atoms with Crippen LogP contribution in [0.4, 0.5) is 39.3 Å². The number of aromatic nitrogens is 2. The molecule has 3 heterocycles. The lowest BCUT2D eigenvalue weighted by Crippen LogP contribution is -2.45. The Balaban J connectivity index is 0.000000908. The van der Waals surface area contributed by atoms with Crippen molar-refractivity contribution < 1.29 is 27.3 Å². The van der Waals surface area contributed by atoms with Crippen molar-refractivity contribution in [1.29, 1.82) is 0 Å². The third-order valence-corrected chi connectivity index (χ3v) is 7.95. The first kappa shape index (κ1) is 35.8. The molecule has 3 amide bonds. The van der Waals surface area contributed by atoms with Crippen LogP contribution in [0.3, 0.4) is 0 Å². The zero-order valence-corrected chi connectivity index (χ0v) is 28.9. The van der Waals surface area contributed by atoms with Gasteiger partial charge in [-0.25, -0.2) is 14.7 Å². The van der Waals surface area contributed by atoms with Gasteiger partial charge in [0.05, 0.1) is 31.3 Å². The fourth-order valence-corrected chi connectivity index (χ4v) is 5.51. The maximum absolute atomic E-state index is 14.1. The summed E-state index contributed by atoms with van der Waals surface area (Å²) in [6.07, 6.45) is 3.66. The van der Waals surface area contributed by atoms with Gasteiger partial charge in [-0.1, -0.05) is 43.0 Å². The van der Waals surface area contributed by atoms with Crippen molar-refractivity contribution in [2.24, 2.45) is 0 Å². The summed E-state index contributed by atoms with van der Waals surface area (Å²) in [5.41, 5.74) is 4.69. The molecule has 0 atom stereocenters. The van der Waals surface area contributed by atoms with Crippen molar-refractivity contribution in [1.82, 2.24) is 19.8 Å².